The van der Waals surface area contributed by atoms with Crippen molar-refractivity contribution in [1.29, 1.82) is 0 Å². The molecule has 2 aromatic carbocycles. The van der Waals surface area contributed by atoms with Crippen molar-refractivity contribution in [3.05, 3.63) is 71.1 Å². The lowest BCUT2D eigenvalue weighted by Gasteiger charge is -2.38. The van der Waals surface area contributed by atoms with E-state index < -0.39 is 0 Å². The molecule has 2 aliphatic rings. The van der Waals surface area contributed by atoms with Crippen LogP contribution in [0.15, 0.2) is 59.9 Å². The predicted molar refractivity (Wildman–Crippen MR) is 123 cm³/mol. The summed E-state index contributed by atoms with van der Waals surface area (Å²) >= 11 is 0. The molecule has 1 fully saturated rings. The summed E-state index contributed by atoms with van der Waals surface area (Å²) in [6.07, 6.45) is 1.87. The fourth-order valence-corrected chi connectivity index (χ4v) is 4.41. The van der Waals surface area contributed by atoms with Crippen LogP contribution >= 0.6 is 0 Å². The second-order valence-electron chi connectivity index (χ2n) is 8.35. The third-order valence-corrected chi connectivity index (χ3v) is 6.12. The molecule has 0 atom stereocenters. The molecule has 1 saturated heterocycles. The number of amides is 1. The summed E-state index contributed by atoms with van der Waals surface area (Å²) in [5.41, 5.74) is 1.72. The highest BCUT2D eigenvalue weighted by molar-refractivity contribution is 6.29. The van der Waals surface area contributed by atoms with Crippen LogP contribution in [0.5, 0.6) is 5.75 Å². The molecule has 6 heteroatoms. The van der Waals surface area contributed by atoms with Crippen molar-refractivity contribution in [3.8, 4) is 5.75 Å². The van der Waals surface area contributed by atoms with Gasteiger partial charge in [0.25, 0.3) is 0 Å². The zero-order valence-corrected chi connectivity index (χ0v) is 18.8. The van der Waals surface area contributed by atoms with E-state index in [1.807, 2.05) is 11.8 Å². The predicted octanol–water partition coefficient (Wildman–Crippen LogP) is 4.46. The van der Waals surface area contributed by atoms with Crippen LogP contribution in [0.1, 0.15) is 54.3 Å². The smallest absolute Gasteiger partial charge is 0.228 e. The zero-order chi connectivity index (χ0) is 22.8. The molecule has 0 bridgehead atoms. The molecule has 166 valence electrons. The highest BCUT2D eigenvalue weighted by atomic mass is 16.5. The molecule has 0 spiro atoms. The van der Waals surface area contributed by atoms with Gasteiger partial charge >= 0.3 is 0 Å². The van der Waals surface area contributed by atoms with Crippen LogP contribution in [0.4, 0.5) is 5.69 Å². The Morgan fingerprint density at radius 3 is 2.16 bits per heavy atom. The number of rotatable bonds is 5. The Labute approximate surface area is 188 Å². The van der Waals surface area contributed by atoms with Gasteiger partial charge in [-0.2, -0.15) is 0 Å². The number of benzene rings is 2. The van der Waals surface area contributed by atoms with Crippen LogP contribution < -0.4 is 9.64 Å². The third kappa shape index (κ3) is 3.93. The van der Waals surface area contributed by atoms with Crippen LogP contribution in [0.2, 0.25) is 0 Å². The number of ether oxygens (including phenoxy) is 1. The summed E-state index contributed by atoms with van der Waals surface area (Å²) in [6.45, 7) is 7.39. The number of piperidine rings is 1. The van der Waals surface area contributed by atoms with E-state index in [1.54, 1.807) is 48.5 Å². The SMILES string of the molecule is CCOc1ccc(N(C(C)=O)C2=C(N3CCC(C)CC3)C(=O)c3ccccc3C2=O)cc1. The second-order valence-corrected chi connectivity index (χ2v) is 8.35. The lowest BCUT2D eigenvalue weighted by atomic mass is 9.87. The van der Waals surface area contributed by atoms with Crippen molar-refractivity contribution in [2.75, 3.05) is 24.6 Å². The molecule has 0 aromatic heterocycles. The second kappa shape index (κ2) is 8.99. The number of allylic oxidation sites excluding steroid dienone is 2. The van der Waals surface area contributed by atoms with E-state index in [2.05, 4.69) is 6.92 Å². The molecule has 0 N–H and O–H groups in total. The van der Waals surface area contributed by atoms with Crippen molar-refractivity contribution < 1.29 is 19.1 Å². The number of hydrogen-bond acceptors (Lipinski definition) is 5. The van der Waals surface area contributed by atoms with Gasteiger partial charge in [-0.3, -0.25) is 19.3 Å². The summed E-state index contributed by atoms with van der Waals surface area (Å²) in [6, 6.07) is 13.9. The van der Waals surface area contributed by atoms with Crippen LogP contribution in [-0.2, 0) is 4.79 Å². The zero-order valence-electron chi connectivity index (χ0n) is 18.8. The average Bonchev–Trinajstić information content (AvgIpc) is 2.79. The highest BCUT2D eigenvalue weighted by Crippen LogP contribution is 2.35. The minimum Gasteiger partial charge on any atom is -0.494 e. The van der Waals surface area contributed by atoms with Crippen LogP contribution in [-0.4, -0.2) is 42.1 Å². The highest BCUT2D eigenvalue weighted by Gasteiger charge is 2.40. The Kier molecular flexibility index (Phi) is 6.12. The van der Waals surface area contributed by atoms with Crippen molar-refractivity contribution in [2.45, 2.75) is 33.6 Å². The molecular formula is C26H28N2O4. The Morgan fingerprint density at radius 2 is 1.59 bits per heavy atom. The van der Waals surface area contributed by atoms with Crippen molar-refractivity contribution in [1.82, 2.24) is 4.90 Å². The monoisotopic (exact) mass is 432 g/mol. The maximum Gasteiger partial charge on any atom is 0.228 e. The maximum atomic E-state index is 13.7. The van der Waals surface area contributed by atoms with Gasteiger partial charge in [-0.15, -0.1) is 0 Å². The normalized spacial score (nSPS) is 16.8. The maximum absolute atomic E-state index is 13.7. The summed E-state index contributed by atoms with van der Waals surface area (Å²) in [7, 11) is 0. The lowest BCUT2D eigenvalue weighted by molar-refractivity contribution is -0.116. The van der Waals surface area contributed by atoms with Crippen molar-refractivity contribution in [3.63, 3.8) is 0 Å². The van der Waals surface area contributed by atoms with Crippen molar-refractivity contribution in [2.24, 2.45) is 5.92 Å². The molecular weight excluding hydrogens is 404 g/mol. The Balaban J connectivity index is 1.88. The van der Waals surface area contributed by atoms with E-state index in [1.165, 1.54) is 11.8 Å². The first-order valence-corrected chi connectivity index (χ1v) is 11.1. The number of carbonyl (C=O) groups is 3. The molecule has 0 saturated carbocycles. The summed E-state index contributed by atoms with van der Waals surface area (Å²) < 4.78 is 5.51. The molecule has 6 nitrogen and oxygen atoms in total. The summed E-state index contributed by atoms with van der Waals surface area (Å²) in [5, 5.41) is 0. The Morgan fingerprint density at radius 1 is 1.00 bits per heavy atom. The van der Waals surface area contributed by atoms with E-state index in [0.29, 0.717) is 53.9 Å². The quantitative estimate of drug-likeness (QED) is 0.698. The first kappa shape index (κ1) is 21.8. The number of ketones is 2. The number of hydrogen-bond donors (Lipinski definition) is 0. The Hall–Kier alpha value is -3.41. The minimum absolute atomic E-state index is 0.139. The van der Waals surface area contributed by atoms with Gasteiger partial charge in [0.15, 0.2) is 0 Å². The standard InChI is InChI=1S/C26H28N2O4/c1-4-32-20-11-9-19(10-12-20)28(18(3)29)24-23(27-15-13-17(2)14-16-27)25(30)21-7-5-6-8-22(21)26(24)31/h5-12,17H,4,13-16H2,1-3H3. The molecule has 1 aliphatic heterocycles. The van der Waals surface area contributed by atoms with Gasteiger partial charge in [0, 0.05) is 36.8 Å². The van der Waals surface area contributed by atoms with Gasteiger partial charge in [0.2, 0.25) is 17.5 Å². The molecule has 1 amide bonds. The fourth-order valence-electron chi connectivity index (χ4n) is 4.41. The first-order chi connectivity index (χ1) is 15.4. The average molecular weight is 433 g/mol. The van der Waals surface area contributed by atoms with E-state index in [9.17, 15) is 14.4 Å². The number of carbonyl (C=O) groups excluding carboxylic acids is 3. The molecule has 0 unspecified atom stereocenters. The minimum atomic E-state index is -0.326. The molecule has 32 heavy (non-hydrogen) atoms. The number of fused-ring (bicyclic) bond motifs is 1. The Bertz CT molecular complexity index is 1080. The summed E-state index contributed by atoms with van der Waals surface area (Å²) in [5.74, 6) is 0.398. The number of likely N-dealkylation sites (tertiary alicyclic amines) is 1. The van der Waals surface area contributed by atoms with Gasteiger partial charge in [-0.05, 0) is 49.9 Å². The van der Waals surface area contributed by atoms with Gasteiger partial charge in [0.05, 0.1) is 6.61 Å². The van der Waals surface area contributed by atoms with Gasteiger partial charge in [-0.25, -0.2) is 0 Å². The molecule has 4 rings (SSSR count). The van der Waals surface area contributed by atoms with Crippen LogP contribution in [0.3, 0.4) is 0 Å². The van der Waals surface area contributed by atoms with Crippen molar-refractivity contribution >= 4 is 23.2 Å². The molecule has 2 aromatic rings. The largest absolute Gasteiger partial charge is 0.494 e. The van der Waals surface area contributed by atoms with E-state index in [4.69, 9.17) is 4.74 Å². The van der Waals surface area contributed by atoms with E-state index in [0.717, 1.165) is 12.8 Å². The van der Waals surface area contributed by atoms with Gasteiger partial charge < -0.3 is 9.64 Å². The first-order valence-electron chi connectivity index (χ1n) is 11.1. The van der Waals surface area contributed by atoms with Gasteiger partial charge in [0.1, 0.15) is 17.1 Å². The molecule has 1 aliphatic carbocycles. The number of Topliss-reactive ketones (excluding diaryl/α,β-unsaturated/α-hetero) is 2. The van der Waals surface area contributed by atoms with Crippen LogP contribution in [0, 0.1) is 5.92 Å². The van der Waals surface area contributed by atoms with E-state index >= 15 is 0 Å². The van der Waals surface area contributed by atoms with Crippen LogP contribution in [0.25, 0.3) is 0 Å². The summed E-state index contributed by atoms with van der Waals surface area (Å²) in [4.78, 5) is 43.6. The van der Waals surface area contributed by atoms with E-state index in [-0.39, 0.29) is 23.2 Å². The van der Waals surface area contributed by atoms with Gasteiger partial charge in [-0.1, -0.05) is 31.2 Å². The topological polar surface area (TPSA) is 66.9 Å². The molecule has 0 radical (unpaired) electrons. The molecule has 1 heterocycles. The fraction of sp³-hybridized carbons (Fsp3) is 0.346. The third-order valence-electron chi connectivity index (χ3n) is 6.12. The lowest BCUT2D eigenvalue weighted by Crippen LogP contribution is -2.44. The number of anilines is 1. The number of nitrogens with zero attached hydrogens (tertiary/aromatic N) is 2.